The SMILES string of the molecule is CCOC(=O)c1ccccc1NC(=O)NC(CCSC)C(=O)OC. The molecule has 0 aliphatic heterocycles. The van der Waals surface area contributed by atoms with Gasteiger partial charge in [0.15, 0.2) is 0 Å². The van der Waals surface area contributed by atoms with E-state index in [1.807, 2.05) is 6.26 Å². The van der Waals surface area contributed by atoms with Crippen molar-refractivity contribution in [3.63, 3.8) is 0 Å². The van der Waals surface area contributed by atoms with Crippen molar-refractivity contribution in [2.45, 2.75) is 19.4 Å². The van der Waals surface area contributed by atoms with Crippen LogP contribution in [0, 0.1) is 0 Å². The summed E-state index contributed by atoms with van der Waals surface area (Å²) in [5, 5.41) is 5.13. The van der Waals surface area contributed by atoms with Gasteiger partial charge in [-0.25, -0.2) is 14.4 Å². The fourth-order valence-corrected chi connectivity index (χ4v) is 2.39. The molecule has 8 heteroatoms. The predicted octanol–water partition coefficient (Wildman–Crippen LogP) is 2.28. The van der Waals surface area contributed by atoms with Crippen molar-refractivity contribution in [2.24, 2.45) is 0 Å². The first-order chi connectivity index (χ1) is 11.5. The van der Waals surface area contributed by atoms with Gasteiger partial charge in [0.2, 0.25) is 0 Å². The number of nitrogens with one attached hydrogen (secondary N) is 2. The van der Waals surface area contributed by atoms with Crippen molar-refractivity contribution >= 4 is 35.4 Å². The summed E-state index contributed by atoms with van der Waals surface area (Å²) in [4.78, 5) is 35.8. The molecule has 1 atom stereocenters. The average molecular weight is 354 g/mol. The minimum Gasteiger partial charge on any atom is -0.467 e. The summed E-state index contributed by atoms with van der Waals surface area (Å²) in [6.45, 7) is 1.94. The molecule has 132 valence electrons. The molecule has 0 radical (unpaired) electrons. The average Bonchev–Trinajstić information content (AvgIpc) is 2.58. The first kappa shape index (κ1) is 19.8. The van der Waals surface area contributed by atoms with E-state index in [1.54, 1.807) is 43.0 Å². The molecule has 1 aromatic carbocycles. The van der Waals surface area contributed by atoms with E-state index in [-0.39, 0.29) is 12.2 Å². The third kappa shape index (κ3) is 6.11. The predicted molar refractivity (Wildman–Crippen MR) is 93.4 cm³/mol. The molecule has 1 aromatic rings. The van der Waals surface area contributed by atoms with Gasteiger partial charge in [-0.2, -0.15) is 11.8 Å². The lowest BCUT2D eigenvalue weighted by Crippen LogP contribution is -2.44. The van der Waals surface area contributed by atoms with Crippen molar-refractivity contribution < 1.29 is 23.9 Å². The Morgan fingerprint density at radius 1 is 1.25 bits per heavy atom. The Bertz CT molecular complexity index is 579. The number of para-hydroxylation sites is 1. The number of hydrogen-bond donors (Lipinski definition) is 2. The van der Waals surface area contributed by atoms with Crippen LogP contribution in [0.4, 0.5) is 10.5 Å². The van der Waals surface area contributed by atoms with Gasteiger partial charge in [0.05, 0.1) is 25.0 Å². The second kappa shape index (κ2) is 10.5. The highest BCUT2D eigenvalue weighted by atomic mass is 32.2. The molecule has 1 rings (SSSR count). The maximum absolute atomic E-state index is 12.2. The van der Waals surface area contributed by atoms with Crippen LogP contribution < -0.4 is 10.6 Å². The van der Waals surface area contributed by atoms with Crippen molar-refractivity contribution in [3.05, 3.63) is 29.8 Å². The van der Waals surface area contributed by atoms with E-state index in [0.29, 0.717) is 17.9 Å². The number of ether oxygens (including phenoxy) is 2. The standard InChI is InChI=1S/C16H22N2O5S/c1-4-23-14(19)11-7-5-6-8-12(11)17-16(21)18-13(9-10-24-3)15(20)22-2/h5-8,13H,4,9-10H2,1-3H3,(H2,17,18,21). The molecule has 0 aromatic heterocycles. The highest BCUT2D eigenvalue weighted by Gasteiger charge is 2.22. The maximum atomic E-state index is 12.2. The van der Waals surface area contributed by atoms with Crippen LogP contribution in [0.1, 0.15) is 23.7 Å². The van der Waals surface area contributed by atoms with E-state index in [0.717, 1.165) is 0 Å². The van der Waals surface area contributed by atoms with Gasteiger partial charge in [-0.1, -0.05) is 12.1 Å². The van der Waals surface area contributed by atoms with Gasteiger partial charge in [0.1, 0.15) is 6.04 Å². The Morgan fingerprint density at radius 3 is 2.58 bits per heavy atom. The lowest BCUT2D eigenvalue weighted by molar-refractivity contribution is -0.142. The van der Waals surface area contributed by atoms with Crippen molar-refractivity contribution in [3.8, 4) is 0 Å². The summed E-state index contributed by atoms with van der Waals surface area (Å²) in [5.41, 5.74) is 0.551. The summed E-state index contributed by atoms with van der Waals surface area (Å²) in [7, 11) is 1.27. The minimum absolute atomic E-state index is 0.235. The summed E-state index contributed by atoms with van der Waals surface area (Å²) >= 11 is 1.56. The van der Waals surface area contributed by atoms with Crippen LogP contribution in [0.2, 0.25) is 0 Å². The Labute approximate surface area is 145 Å². The molecule has 2 amide bonds. The largest absolute Gasteiger partial charge is 0.467 e. The molecule has 0 aliphatic carbocycles. The molecule has 0 saturated carbocycles. The van der Waals surface area contributed by atoms with Crippen LogP contribution >= 0.6 is 11.8 Å². The van der Waals surface area contributed by atoms with Gasteiger partial charge in [-0.3, -0.25) is 0 Å². The zero-order chi connectivity index (χ0) is 17.9. The van der Waals surface area contributed by atoms with Crippen LogP contribution in [0.3, 0.4) is 0 Å². The molecule has 2 N–H and O–H groups in total. The zero-order valence-electron chi connectivity index (χ0n) is 14.0. The Kier molecular flexibility index (Phi) is 8.70. The second-order valence-electron chi connectivity index (χ2n) is 4.72. The Hall–Kier alpha value is -2.22. The summed E-state index contributed by atoms with van der Waals surface area (Å²) in [5.74, 6) is -0.349. The number of hydrogen-bond acceptors (Lipinski definition) is 6. The van der Waals surface area contributed by atoms with Crippen molar-refractivity contribution in [2.75, 3.05) is 31.0 Å². The first-order valence-electron chi connectivity index (χ1n) is 7.43. The van der Waals surface area contributed by atoms with E-state index in [1.165, 1.54) is 7.11 Å². The molecule has 0 aliphatic rings. The number of anilines is 1. The highest BCUT2D eigenvalue weighted by molar-refractivity contribution is 7.98. The minimum atomic E-state index is -0.753. The van der Waals surface area contributed by atoms with Crippen LogP contribution in [-0.4, -0.2) is 49.7 Å². The summed E-state index contributed by atoms with van der Waals surface area (Å²) in [6.07, 6.45) is 2.35. The van der Waals surface area contributed by atoms with Crippen LogP contribution in [0.15, 0.2) is 24.3 Å². The zero-order valence-corrected chi connectivity index (χ0v) is 14.8. The molecule has 1 unspecified atom stereocenters. The number of benzene rings is 1. The van der Waals surface area contributed by atoms with Crippen LogP contribution in [-0.2, 0) is 14.3 Å². The Morgan fingerprint density at radius 2 is 1.96 bits per heavy atom. The molecule has 0 fully saturated rings. The normalized spacial score (nSPS) is 11.3. The van der Waals surface area contributed by atoms with Gasteiger partial charge in [0, 0.05) is 0 Å². The number of rotatable bonds is 8. The quantitative estimate of drug-likeness (QED) is 0.696. The lowest BCUT2D eigenvalue weighted by atomic mass is 10.2. The van der Waals surface area contributed by atoms with E-state index in [9.17, 15) is 14.4 Å². The molecule has 0 bridgehead atoms. The van der Waals surface area contributed by atoms with Crippen LogP contribution in [0.5, 0.6) is 0 Å². The number of amides is 2. The topological polar surface area (TPSA) is 93.7 Å². The smallest absolute Gasteiger partial charge is 0.340 e. The van der Waals surface area contributed by atoms with Gasteiger partial charge in [-0.15, -0.1) is 0 Å². The van der Waals surface area contributed by atoms with Gasteiger partial charge >= 0.3 is 18.0 Å². The fourth-order valence-electron chi connectivity index (χ4n) is 1.92. The number of methoxy groups -OCH3 is 1. The molecule has 0 saturated heterocycles. The molecular formula is C16H22N2O5S. The molecule has 0 heterocycles. The fraction of sp³-hybridized carbons (Fsp3) is 0.438. The third-order valence-corrected chi connectivity index (χ3v) is 3.72. The van der Waals surface area contributed by atoms with E-state index < -0.39 is 24.0 Å². The lowest BCUT2D eigenvalue weighted by Gasteiger charge is -2.17. The summed E-state index contributed by atoms with van der Waals surface area (Å²) in [6, 6.07) is 5.15. The van der Waals surface area contributed by atoms with Crippen molar-refractivity contribution in [1.82, 2.24) is 5.32 Å². The Balaban J connectivity index is 2.79. The van der Waals surface area contributed by atoms with Gasteiger partial charge < -0.3 is 20.1 Å². The number of esters is 2. The van der Waals surface area contributed by atoms with Crippen molar-refractivity contribution in [1.29, 1.82) is 0 Å². The van der Waals surface area contributed by atoms with E-state index in [2.05, 4.69) is 15.4 Å². The maximum Gasteiger partial charge on any atom is 0.340 e. The number of carbonyl (C=O) groups excluding carboxylic acids is 3. The van der Waals surface area contributed by atoms with Gasteiger partial charge in [0.25, 0.3) is 0 Å². The molecule has 7 nitrogen and oxygen atoms in total. The summed E-state index contributed by atoms with van der Waals surface area (Å²) < 4.78 is 9.64. The van der Waals surface area contributed by atoms with Crippen LogP contribution in [0.25, 0.3) is 0 Å². The van der Waals surface area contributed by atoms with Gasteiger partial charge in [-0.05, 0) is 37.5 Å². The molecular weight excluding hydrogens is 332 g/mol. The third-order valence-electron chi connectivity index (χ3n) is 3.07. The number of urea groups is 1. The first-order valence-corrected chi connectivity index (χ1v) is 8.83. The monoisotopic (exact) mass is 354 g/mol. The highest BCUT2D eigenvalue weighted by Crippen LogP contribution is 2.16. The molecule has 24 heavy (non-hydrogen) atoms. The van der Waals surface area contributed by atoms with E-state index in [4.69, 9.17) is 4.74 Å². The van der Waals surface area contributed by atoms with E-state index >= 15 is 0 Å². The second-order valence-corrected chi connectivity index (χ2v) is 5.71. The number of carbonyl (C=O) groups is 3. The molecule has 0 spiro atoms. The number of thioether (sulfide) groups is 1.